The summed E-state index contributed by atoms with van der Waals surface area (Å²) >= 11 is 3.50. The van der Waals surface area contributed by atoms with Gasteiger partial charge in [0.15, 0.2) is 0 Å². The van der Waals surface area contributed by atoms with Gasteiger partial charge >= 0.3 is 0 Å². The van der Waals surface area contributed by atoms with Crippen molar-refractivity contribution in [2.45, 2.75) is 39.5 Å². The number of carbonyl (C=O) groups is 1. The van der Waals surface area contributed by atoms with E-state index in [-0.39, 0.29) is 5.91 Å². The average Bonchev–Trinajstić information content (AvgIpc) is 2.72. The molecule has 158 valence electrons. The van der Waals surface area contributed by atoms with Gasteiger partial charge in [-0.2, -0.15) is 0 Å². The fraction of sp³-hybridized carbons (Fsp3) is 0.435. The zero-order valence-corrected chi connectivity index (χ0v) is 18.8. The van der Waals surface area contributed by atoms with Crippen LogP contribution in [0.2, 0.25) is 0 Å². The Morgan fingerprint density at radius 1 is 0.966 bits per heavy atom. The zero-order valence-electron chi connectivity index (χ0n) is 17.2. The lowest BCUT2D eigenvalue weighted by atomic mass is 10.2. The monoisotopic (exact) mass is 463 g/mol. The SMILES string of the molecule is CCCCCCOc1ccc(C(=O)Nc2cccc(OCCOCC)c2)cc1Br. The molecule has 0 spiro atoms. The number of ether oxygens (including phenoxy) is 3. The molecule has 0 aliphatic rings. The number of rotatable bonds is 13. The maximum Gasteiger partial charge on any atom is 0.255 e. The summed E-state index contributed by atoms with van der Waals surface area (Å²) in [6.07, 6.45) is 4.63. The minimum Gasteiger partial charge on any atom is -0.492 e. The number of unbranched alkanes of at least 4 members (excludes halogenated alkanes) is 3. The summed E-state index contributed by atoms with van der Waals surface area (Å²) < 4.78 is 17.5. The lowest BCUT2D eigenvalue weighted by Crippen LogP contribution is -2.12. The Balaban J connectivity index is 1.89. The third kappa shape index (κ3) is 8.46. The average molecular weight is 464 g/mol. The molecule has 0 saturated carbocycles. The second-order valence-electron chi connectivity index (χ2n) is 6.58. The number of anilines is 1. The molecule has 0 bridgehead atoms. The molecule has 0 aliphatic carbocycles. The van der Waals surface area contributed by atoms with Crippen molar-refractivity contribution in [3.05, 3.63) is 52.5 Å². The smallest absolute Gasteiger partial charge is 0.255 e. The second kappa shape index (κ2) is 13.2. The number of carbonyl (C=O) groups excluding carboxylic acids is 1. The molecule has 5 nitrogen and oxygen atoms in total. The van der Waals surface area contributed by atoms with E-state index in [0.29, 0.717) is 43.4 Å². The lowest BCUT2D eigenvalue weighted by molar-refractivity contribution is 0.102. The van der Waals surface area contributed by atoms with Gasteiger partial charge in [-0.1, -0.05) is 32.3 Å². The Kier molecular flexibility index (Phi) is 10.6. The van der Waals surface area contributed by atoms with Crippen LogP contribution < -0.4 is 14.8 Å². The first-order valence-electron chi connectivity index (χ1n) is 10.2. The number of hydrogen-bond acceptors (Lipinski definition) is 4. The van der Waals surface area contributed by atoms with Gasteiger partial charge < -0.3 is 19.5 Å². The van der Waals surface area contributed by atoms with E-state index < -0.39 is 0 Å². The fourth-order valence-corrected chi connectivity index (χ4v) is 3.19. The normalized spacial score (nSPS) is 10.6. The van der Waals surface area contributed by atoms with Crippen molar-refractivity contribution in [3.8, 4) is 11.5 Å². The molecule has 0 radical (unpaired) electrons. The Labute approximate surface area is 181 Å². The molecular formula is C23H30BrNO4. The summed E-state index contributed by atoms with van der Waals surface area (Å²) in [7, 11) is 0. The molecule has 6 heteroatoms. The van der Waals surface area contributed by atoms with Crippen molar-refractivity contribution in [1.82, 2.24) is 0 Å². The van der Waals surface area contributed by atoms with E-state index >= 15 is 0 Å². The van der Waals surface area contributed by atoms with Gasteiger partial charge in [-0.3, -0.25) is 4.79 Å². The fourth-order valence-electron chi connectivity index (χ4n) is 2.70. The Morgan fingerprint density at radius 2 is 1.83 bits per heavy atom. The van der Waals surface area contributed by atoms with Gasteiger partial charge in [0, 0.05) is 23.9 Å². The van der Waals surface area contributed by atoms with Gasteiger partial charge in [0.2, 0.25) is 0 Å². The van der Waals surface area contributed by atoms with Crippen LogP contribution in [0.15, 0.2) is 46.9 Å². The number of benzene rings is 2. The molecule has 0 heterocycles. The quantitative estimate of drug-likeness (QED) is 0.365. The van der Waals surface area contributed by atoms with Gasteiger partial charge in [-0.25, -0.2) is 0 Å². The van der Waals surface area contributed by atoms with Crippen LogP contribution >= 0.6 is 15.9 Å². The van der Waals surface area contributed by atoms with E-state index in [0.717, 1.165) is 16.6 Å². The van der Waals surface area contributed by atoms with Gasteiger partial charge in [0.25, 0.3) is 5.91 Å². The predicted molar refractivity (Wildman–Crippen MR) is 120 cm³/mol. The van der Waals surface area contributed by atoms with Crippen molar-refractivity contribution in [1.29, 1.82) is 0 Å². The lowest BCUT2D eigenvalue weighted by Gasteiger charge is -2.11. The van der Waals surface area contributed by atoms with E-state index in [1.165, 1.54) is 19.3 Å². The van der Waals surface area contributed by atoms with E-state index in [4.69, 9.17) is 14.2 Å². The van der Waals surface area contributed by atoms with E-state index in [1.807, 2.05) is 31.2 Å². The highest BCUT2D eigenvalue weighted by molar-refractivity contribution is 9.10. The molecular weight excluding hydrogens is 434 g/mol. The van der Waals surface area contributed by atoms with Crippen LogP contribution in [0.3, 0.4) is 0 Å². The highest BCUT2D eigenvalue weighted by Crippen LogP contribution is 2.27. The molecule has 0 aliphatic heterocycles. The van der Waals surface area contributed by atoms with Crippen molar-refractivity contribution >= 4 is 27.5 Å². The molecule has 2 aromatic carbocycles. The minimum atomic E-state index is -0.188. The highest BCUT2D eigenvalue weighted by atomic mass is 79.9. The minimum absolute atomic E-state index is 0.188. The van der Waals surface area contributed by atoms with Crippen LogP contribution in [0, 0.1) is 0 Å². The number of nitrogens with one attached hydrogen (secondary N) is 1. The van der Waals surface area contributed by atoms with E-state index in [2.05, 4.69) is 28.2 Å². The standard InChI is InChI=1S/C23H30BrNO4/c1-3-5-6-7-13-29-22-12-11-18(16-21(22)24)23(26)25-19-9-8-10-20(17-19)28-15-14-27-4-2/h8-12,16-17H,3-7,13-15H2,1-2H3,(H,25,26). The maximum atomic E-state index is 12.6. The summed E-state index contributed by atoms with van der Waals surface area (Å²) in [5, 5.41) is 2.90. The van der Waals surface area contributed by atoms with Gasteiger partial charge in [-0.15, -0.1) is 0 Å². The summed E-state index contributed by atoms with van der Waals surface area (Å²) in [4.78, 5) is 12.6. The molecule has 0 atom stereocenters. The Morgan fingerprint density at radius 3 is 2.59 bits per heavy atom. The van der Waals surface area contributed by atoms with Crippen molar-refractivity contribution in [2.75, 3.05) is 31.7 Å². The molecule has 0 unspecified atom stereocenters. The largest absolute Gasteiger partial charge is 0.492 e. The predicted octanol–water partition coefficient (Wildman–Crippen LogP) is 6.08. The molecule has 1 amide bonds. The molecule has 29 heavy (non-hydrogen) atoms. The second-order valence-corrected chi connectivity index (χ2v) is 7.44. The highest BCUT2D eigenvalue weighted by Gasteiger charge is 2.10. The molecule has 0 fully saturated rings. The van der Waals surface area contributed by atoms with Crippen LogP contribution in [0.1, 0.15) is 49.9 Å². The Bertz CT molecular complexity index is 766. The van der Waals surface area contributed by atoms with Crippen LogP contribution in [0.4, 0.5) is 5.69 Å². The zero-order chi connectivity index (χ0) is 20.9. The third-order valence-electron chi connectivity index (χ3n) is 4.24. The third-order valence-corrected chi connectivity index (χ3v) is 4.86. The van der Waals surface area contributed by atoms with Crippen molar-refractivity contribution in [2.24, 2.45) is 0 Å². The summed E-state index contributed by atoms with van der Waals surface area (Å²) in [6, 6.07) is 12.7. The van der Waals surface area contributed by atoms with Crippen LogP contribution in [-0.4, -0.2) is 32.3 Å². The number of amides is 1. The first-order valence-corrected chi connectivity index (χ1v) is 11.0. The van der Waals surface area contributed by atoms with Gasteiger partial charge in [-0.05, 0) is 59.6 Å². The first-order chi connectivity index (χ1) is 14.1. The molecule has 2 rings (SSSR count). The molecule has 1 N–H and O–H groups in total. The summed E-state index contributed by atoms with van der Waals surface area (Å²) in [5.74, 6) is 1.25. The van der Waals surface area contributed by atoms with E-state index in [1.54, 1.807) is 18.2 Å². The maximum absolute atomic E-state index is 12.6. The molecule has 0 saturated heterocycles. The topological polar surface area (TPSA) is 56.8 Å². The van der Waals surface area contributed by atoms with Crippen LogP contribution in [0.5, 0.6) is 11.5 Å². The van der Waals surface area contributed by atoms with E-state index in [9.17, 15) is 4.79 Å². The van der Waals surface area contributed by atoms with Crippen LogP contribution in [0.25, 0.3) is 0 Å². The number of halogens is 1. The van der Waals surface area contributed by atoms with Crippen LogP contribution in [-0.2, 0) is 4.74 Å². The first kappa shape index (κ1) is 23.2. The summed E-state index contributed by atoms with van der Waals surface area (Å²) in [6.45, 7) is 6.48. The number of hydrogen-bond donors (Lipinski definition) is 1. The Hall–Kier alpha value is -2.05. The summed E-state index contributed by atoms with van der Waals surface area (Å²) in [5.41, 5.74) is 1.23. The van der Waals surface area contributed by atoms with Crippen molar-refractivity contribution < 1.29 is 19.0 Å². The van der Waals surface area contributed by atoms with Gasteiger partial charge in [0.1, 0.15) is 18.1 Å². The van der Waals surface area contributed by atoms with Gasteiger partial charge in [0.05, 0.1) is 17.7 Å². The molecule has 2 aromatic rings. The molecule has 0 aromatic heterocycles. The van der Waals surface area contributed by atoms with Crippen molar-refractivity contribution in [3.63, 3.8) is 0 Å².